The maximum absolute atomic E-state index is 13.0. The van der Waals surface area contributed by atoms with Crippen LogP contribution in [0.25, 0.3) is 15.9 Å². The molecule has 0 spiro atoms. The first kappa shape index (κ1) is 20.1. The van der Waals surface area contributed by atoms with Crippen molar-refractivity contribution in [2.24, 2.45) is 0 Å². The number of halogens is 2. The largest absolute Gasteiger partial charge is 0.338 e. The quantitative estimate of drug-likeness (QED) is 0.681. The van der Waals surface area contributed by atoms with E-state index in [2.05, 4.69) is 10.4 Å². The third-order valence-corrected chi connectivity index (χ3v) is 6.32. The van der Waals surface area contributed by atoms with Gasteiger partial charge in [-0.25, -0.2) is 4.68 Å². The van der Waals surface area contributed by atoms with Gasteiger partial charge in [0.05, 0.1) is 16.3 Å². The number of amides is 1. The molecule has 144 valence electrons. The molecule has 5 nitrogen and oxygen atoms in total. The second kappa shape index (κ2) is 8.19. The minimum Gasteiger partial charge on any atom is -0.338 e. The Labute approximate surface area is 173 Å². The van der Waals surface area contributed by atoms with Crippen LogP contribution in [0.4, 0.5) is 0 Å². The van der Waals surface area contributed by atoms with Gasteiger partial charge in [-0.1, -0.05) is 17.7 Å². The first-order valence-corrected chi connectivity index (χ1v) is 9.97. The Morgan fingerprint density at radius 2 is 2.07 bits per heavy atom. The summed E-state index contributed by atoms with van der Waals surface area (Å²) in [5.74, 6) is 0.0927. The lowest BCUT2D eigenvalue weighted by Gasteiger charge is -2.31. The number of aromatic nitrogens is 2. The zero-order valence-corrected chi connectivity index (χ0v) is 17.6. The monoisotopic (exact) mass is 424 g/mol. The summed E-state index contributed by atoms with van der Waals surface area (Å²) >= 11 is 7.63. The molecule has 0 unspecified atom stereocenters. The average molecular weight is 425 g/mol. The smallest absolute Gasteiger partial charge is 0.264 e. The van der Waals surface area contributed by atoms with Gasteiger partial charge in [0.25, 0.3) is 5.91 Å². The van der Waals surface area contributed by atoms with Gasteiger partial charge in [-0.05, 0) is 57.1 Å². The van der Waals surface area contributed by atoms with Gasteiger partial charge >= 0.3 is 0 Å². The van der Waals surface area contributed by atoms with Gasteiger partial charge in [-0.3, -0.25) is 4.79 Å². The highest BCUT2D eigenvalue weighted by atomic mass is 35.5. The van der Waals surface area contributed by atoms with Crippen molar-refractivity contribution < 1.29 is 4.79 Å². The third kappa shape index (κ3) is 3.85. The molecule has 8 heteroatoms. The summed E-state index contributed by atoms with van der Waals surface area (Å²) in [7, 11) is 1.92. The average Bonchev–Trinajstić information content (AvgIpc) is 3.22. The van der Waals surface area contributed by atoms with Crippen molar-refractivity contribution in [3.8, 4) is 5.69 Å². The SMILES string of the molecule is Cc1nn(-c2cccc(Cl)c2)c2sc(C(=O)N(C)C3CCNCC3)cc12.Cl. The number of hydrogen-bond donors (Lipinski definition) is 1. The molecule has 0 saturated carbocycles. The van der Waals surface area contributed by atoms with Gasteiger partial charge in [0, 0.05) is 23.5 Å². The number of nitrogens with one attached hydrogen (secondary N) is 1. The zero-order valence-electron chi connectivity index (χ0n) is 15.2. The van der Waals surface area contributed by atoms with Gasteiger partial charge in [0.15, 0.2) is 0 Å². The number of rotatable bonds is 3. The van der Waals surface area contributed by atoms with E-state index in [4.69, 9.17) is 11.6 Å². The molecule has 0 radical (unpaired) electrons. The van der Waals surface area contributed by atoms with Gasteiger partial charge < -0.3 is 10.2 Å². The Hall–Kier alpha value is -1.60. The van der Waals surface area contributed by atoms with Crippen LogP contribution in [0.15, 0.2) is 30.3 Å². The van der Waals surface area contributed by atoms with Gasteiger partial charge in [0.2, 0.25) is 0 Å². The molecule has 27 heavy (non-hydrogen) atoms. The lowest BCUT2D eigenvalue weighted by atomic mass is 10.1. The minimum atomic E-state index is 0. The van der Waals surface area contributed by atoms with Crippen LogP contribution in [0.3, 0.4) is 0 Å². The Morgan fingerprint density at radius 3 is 2.78 bits per heavy atom. The number of aryl methyl sites for hydroxylation is 1. The summed E-state index contributed by atoms with van der Waals surface area (Å²) in [5.41, 5.74) is 1.82. The fourth-order valence-electron chi connectivity index (χ4n) is 3.47. The Kier molecular flexibility index (Phi) is 6.11. The van der Waals surface area contributed by atoms with Crippen molar-refractivity contribution in [3.05, 3.63) is 45.9 Å². The van der Waals surface area contributed by atoms with Gasteiger partial charge in [0.1, 0.15) is 4.83 Å². The van der Waals surface area contributed by atoms with Crippen molar-refractivity contribution in [3.63, 3.8) is 0 Å². The number of benzene rings is 1. The number of carbonyl (C=O) groups excluding carboxylic acids is 1. The summed E-state index contributed by atoms with van der Waals surface area (Å²) in [6, 6.07) is 9.89. The Morgan fingerprint density at radius 1 is 1.33 bits per heavy atom. The van der Waals surface area contributed by atoms with Crippen LogP contribution >= 0.6 is 35.3 Å². The van der Waals surface area contributed by atoms with Crippen molar-refractivity contribution in [2.45, 2.75) is 25.8 Å². The number of thiophene rings is 1. The van der Waals surface area contributed by atoms with Crippen LogP contribution in [0.5, 0.6) is 0 Å². The second-order valence-corrected chi connectivity index (χ2v) is 8.17. The van der Waals surface area contributed by atoms with E-state index < -0.39 is 0 Å². The summed E-state index contributed by atoms with van der Waals surface area (Å²) in [6.45, 7) is 3.91. The predicted octanol–water partition coefficient (Wildman–Crippen LogP) is 4.29. The summed E-state index contributed by atoms with van der Waals surface area (Å²) in [4.78, 5) is 16.6. The molecule has 1 saturated heterocycles. The fourth-order valence-corrected chi connectivity index (χ4v) is 4.82. The van der Waals surface area contributed by atoms with Crippen LogP contribution in [0.1, 0.15) is 28.2 Å². The van der Waals surface area contributed by atoms with Crippen LogP contribution < -0.4 is 5.32 Å². The number of fused-ring (bicyclic) bond motifs is 1. The highest BCUT2D eigenvalue weighted by Crippen LogP contribution is 2.32. The Balaban J connectivity index is 0.00000210. The molecule has 1 aliphatic rings. The van der Waals surface area contributed by atoms with E-state index in [1.165, 1.54) is 11.3 Å². The first-order valence-electron chi connectivity index (χ1n) is 8.77. The van der Waals surface area contributed by atoms with E-state index >= 15 is 0 Å². The summed E-state index contributed by atoms with van der Waals surface area (Å²) in [6.07, 6.45) is 2.00. The van der Waals surface area contributed by atoms with E-state index in [0.717, 1.165) is 52.4 Å². The third-order valence-electron chi connectivity index (χ3n) is 4.98. The van der Waals surface area contributed by atoms with Crippen molar-refractivity contribution >= 4 is 51.5 Å². The molecule has 0 bridgehead atoms. The molecule has 1 fully saturated rings. The van der Waals surface area contributed by atoms with Crippen molar-refractivity contribution in [2.75, 3.05) is 20.1 Å². The zero-order chi connectivity index (χ0) is 18.3. The molecule has 1 aromatic carbocycles. The molecule has 1 aliphatic heterocycles. The summed E-state index contributed by atoms with van der Waals surface area (Å²) < 4.78 is 1.88. The number of hydrogen-bond acceptors (Lipinski definition) is 4. The molecule has 3 heterocycles. The number of piperidine rings is 1. The van der Waals surface area contributed by atoms with Gasteiger partial charge in [-0.2, -0.15) is 5.10 Å². The van der Waals surface area contributed by atoms with E-state index in [-0.39, 0.29) is 18.3 Å². The maximum atomic E-state index is 13.0. The van der Waals surface area contributed by atoms with Crippen LogP contribution in [-0.2, 0) is 0 Å². The standard InChI is InChI=1S/C19H21ClN4OS.ClH/c1-12-16-11-17(18(25)23(2)14-6-8-21-9-7-14)26-19(16)24(22-12)15-5-3-4-13(20)10-15;/h3-5,10-11,14,21H,6-9H2,1-2H3;1H. The molecule has 4 rings (SSSR count). The lowest BCUT2D eigenvalue weighted by Crippen LogP contribution is -2.43. The van der Waals surface area contributed by atoms with Crippen molar-refractivity contribution in [1.29, 1.82) is 0 Å². The molecular formula is C19H22Cl2N4OS. The van der Waals surface area contributed by atoms with E-state index in [1.807, 2.05) is 53.9 Å². The lowest BCUT2D eigenvalue weighted by molar-refractivity contribution is 0.0708. The molecule has 1 amide bonds. The summed E-state index contributed by atoms with van der Waals surface area (Å²) in [5, 5.41) is 9.67. The van der Waals surface area contributed by atoms with Crippen molar-refractivity contribution in [1.82, 2.24) is 20.0 Å². The highest BCUT2D eigenvalue weighted by molar-refractivity contribution is 7.20. The van der Waals surface area contributed by atoms with Crippen LogP contribution in [0.2, 0.25) is 5.02 Å². The normalized spacial score (nSPS) is 14.9. The van der Waals surface area contributed by atoms with E-state index in [0.29, 0.717) is 11.1 Å². The van der Waals surface area contributed by atoms with E-state index in [1.54, 1.807) is 0 Å². The molecule has 1 N–H and O–H groups in total. The topological polar surface area (TPSA) is 50.2 Å². The van der Waals surface area contributed by atoms with Crippen LogP contribution in [-0.4, -0.2) is 46.8 Å². The second-order valence-electron chi connectivity index (χ2n) is 6.70. The molecule has 0 aliphatic carbocycles. The van der Waals surface area contributed by atoms with E-state index in [9.17, 15) is 4.79 Å². The number of nitrogens with zero attached hydrogens (tertiary/aromatic N) is 3. The molecule has 3 aromatic rings. The minimum absolute atomic E-state index is 0. The molecular weight excluding hydrogens is 403 g/mol. The molecule has 0 atom stereocenters. The Bertz CT molecular complexity index is 962. The number of carbonyl (C=O) groups is 1. The molecule has 2 aromatic heterocycles. The van der Waals surface area contributed by atoms with Crippen LogP contribution in [0, 0.1) is 6.92 Å². The maximum Gasteiger partial charge on any atom is 0.264 e. The highest BCUT2D eigenvalue weighted by Gasteiger charge is 2.25. The van der Waals surface area contributed by atoms with Gasteiger partial charge in [-0.15, -0.1) is 23.7 Å². The first-order chi connectivity index (χ1) is 12.5. The fraction of sp³-hybridized carbons (Fsp3) is 0.368. The predicted molar refractivity (Wildman–Crippen MR) is 114 cm³/mol.